The number of ether oxygens (including phenoxy) is 2. The zero-order valence-electron chi connectivity index (χ0n) is 11.9. The van der Waals surface area contributed by atoms with Gasteiger partial charge in [0.2, 0.25) is 0 Å². The number of nitrogens with two attached hydrogens (primary N) is 1. The van der Waals surface area contributed by atoms with Crippen LogP contribution in [0.15, 0.2) is 24.5 Å². The molecule has 108 valence electrons. The molecule has 0 saturated heterocycles. The Morgan fingerprint density at radius 3 is 2.85 bits per heavy atom. The summed E-state index contributed by atoms with van der Waals surface area (Å²) in [5.41, 5.74) is 6.69. The third-order valence-electron chi connectivity index (χ3n) is 3.01. The van der Waals surface area contributed by atoms with Crippen molar-refractivity contribution in [2.45, 2.75) is 26.5 Å². The molecule has 0 aliphatic rings. The van der Waals surface area contributed by atoms with E-state index in [0.29, 0.717) is 24.7 Å². The van der Waals surface area contributed by atoms with E-state index in [4.69, 9.17) is 15.2 Å². The largest absolute Gasteiger partial charge is 0.493 e. The minimum atomic E-state index is 0.362. The molecule has 0 unspecified atom stereocenters. The molecule has 1 heterocycles. The quantitative estimate of drug-likeness (QED) is 0.827. The molecule has 0 saturated carbocycles. The van der Waals surface area contributed by atoms with E-state index in [0.717, 1.165) is 24.4 Å². The summed E-state index contributed by atoms with van der Waals surface area (Å²) in [4.78, 5) is 4.17. The van der Waals surface area contributed by atoms with Crippen molar-refractivity contribution in [3.05, 3.63) is 35.9 Å². The SMILES string of the molecule is CCn1ncnc1COc1ccc(CCN)cc1OC. The van der Waals surface area contributed by atoms with Gasteiger partial charge in [-0.05, 0) is 37.6 Å². The Kier molecular flexibility index (Phi) is 4.95. The van der Waals surface area contributed by atoms with Gasteiger partial charge in [-0.15, -0.1) is 0 Å². The summed E-state index contributed by atoms with van der Waals surface area (Å²) in [5.74, 6) is 2.19. The molecule has 1 aromatic heterocycles. The van der Waals surface area contributed by atoms with Gasteiger partial charge in [0.1, 0.15) is 12.9 Å². The standard InChI is InChI=1S/C14H20N4O2/c1-3-18-14(16-10-17-18)9-20-12-5-4-11(6-7-15)8-13(12)19-2/h4-5,8,10H,3,6-7,9,15H2,1-2H3. The van der Waals surface area contributed by atoms with Crippen molar-refractivity contribution in [3.8, 4) is 11.5 Å². The number of rotatable bonds is 7. The summed E-state index contributed by atoms with van der Waals surface area (Å²) < 4.78 is 12.9. The number of hydrogen-bond acceptors (Lipinski definition) is 5. The van der Waals surface area contributed by atoms with E-state index in [-0.39, 0.29) is 0 Å². The molecule has 0 aliphatic heterocycles. The van der Waals surface area contributed by atoms with Crippen LogP contribution in [0.25, 0.3) is 0 Å². The second-order valence-corrected chi connectivity index (χ2v) is 4.30. The Bertz CT molecular complexity index is 554. The minimum absolute atomic E-state index is 0.362. The molecule has 0 radical (unpaired) electrons. The molecule has 1 aromatic carbocycles. The summed E-state index contributed by atoms with van der Waals surface area (Å²) in [6.07, 6.45) is 2.35. The highest BCUT2D eigenvalue weighted by Gasteiger charge is 2.08. The van der Waals surface area contributed by atoms with Crippen LogP contribution in [-0.4, -0.2) is 28.4 Å². The summed E-state index contributed by atoms with van der Waals surface area (Å²) in [5, 5.41) is 4.11. The summed E-state index contributed by atoms with van der Waals surface area (Å²) >= 11 is 0. The van der Waals surface area contributed by atoms with Crippen molar-refractivity contribution in [2.75, 3.05) is 13.7 Å². The van der Waals surface area contributed by atoms with Crippen LogP contribution in [0.1, 0.15) is 18.3 Å². The maximum Gasteiger partial charge on any atom is 0.164 e. The monoisotopic (exact) mass is 276 g/mol. The first-order valence-corrected chi connectivity index (χ1v) is 6.65. The number of aryl methyl sites for hydroxylation is 1. The number of aromatic nitrogens is 3. The lowest BCUT2D eigenvalue weighted by atomic mass is 10.1. The van der Waals surface area contributed by atoms with Crippen LogP contribution < -0.4 is 15.2 Å². The van der Waals surface area contributed by atoms with Crippen LogP contribution in [0.4, 0.5) is 0 Å². The first-order valence-electron chi connectivity index (χ1n) is 6.65. The van der Waals surface area contributed by atoms with Gasteiger partial charge in [0.15, 0.2) is 17.3 Å². The predicted octanol–water partition coefficient (Wildman–Crippen LogP) is 1.39. The highest BCUT2D eigenvalue weighted by molar-refractivity contribution is 5.43. The average molecular weight is 276 g/mol. The summed E-state index contributed by atoms with van der Waals surface area (Å²) in [7, 11) is 1.63. The zero-order valence-corrected chi connectivity index (χ0v) is 11.9. The molecule has 0 amide bonds. The second kappa shape index (κ2) is 6.91. The van der Waals surface area contributed by atoms with Gasteiger partial charge in [-0.3, -0.25) is 0 Å². The van der Waals surface area contributed by atoms with Gasteiger partial charge in [0.25, 0.3) is 0 Å². The van der Waals surface area contributed by atoms with Crippen LogP contribution in [-0.2, 0) is 19.6 Å². The molecule has 0 aliphatic carbocycles. The molecule has 2 aromatic rings. The van der Waals surface area contributed by atoms with Crippen molar-refractivity contribution >= 4 is 0 Å². The van der Waals surface area contributed by atoms with Gasteiger partial charge >= 0.3 is 0 Å². The van der Waals surface area contributed by atoms with Gasteiger partial charge in [-0.1, -0.05) is 6.07 Å². The Hall–Kier alpha value is -2.08. The first-order chi connectivity index (χ1) is 9.78. The Labute approximate surface area is 118 Å². The number of methoxy groups -OCH3 is 1. The van der Waals surface area contributed by atoms with Gasteiger partial charge in [-0.2, -0.15) is 5.10 Å². The van der Waals surface area contributed by atoms with E-state index in [2.05, 4.69) is 10.1 Å². The van der Waals surface area contributed by atoms with Crippen LogP contribution in [0, 0.1) is 0 Å². The van der Waals surface area contributed by atoms with E-state index in [1.54, 1.807) is 11.8 Å². The van der Waals surface area contributed by atoms with Crippen molar-refractivity contribution < 1.29 is 9.47 Å². The number of hydrogen-bond donors (Lipinski definition) is 1. The molecule has 20 heavy (non-hydrogen) atoms. The molecule has 0 bridgehead atoms. The number of benzene rings is 1. The molecule has 0 atom stereocenters. The first kappa shape index (κ1) is 14.3. The van der Waals surface area contributed by atoms with Crippen molar-refractivity contribution in [1.82, 2.24) is 14.8 Å². The molecular formula is C14H20N4O2. The minimum Gasteiger partial charge on any atom is -0.493 e. The van der Waals surface area contributed by atoms with Crippen LogP contribution >= 0.6 is 0 Å². The Morgan fingerprint density at radius 1 is 1.30 bits per heavy atom. The van der Waals surface area contributed by atoms with E-state index in [1.807, 2.05) is 25.1 Å². The second-order valence-electron chi connectivity index (χ2n) is 4.30. The topological polar surface area (TPSA) is 75.2 Å². The maximum atomic E-state index is 5.77. The number of nitrogens with zero attached hydrogens (tertiary/aromatic N) is 3. The molecule has 2 N–H and O–H groups in total. The zero-order chi connectivity index (χ0) is 14.4. The third-order valence-corrected chi connectivity index (χ3v) is 3.01. The highest BCUT2D eigenvalue weighted by atomic mass is 16.5. The smallest absolute Gasteiger partial charge is 0.164 e. The maximum absolute atomic E-state index is 5.77. The molecule has 2 rings (SSSR count). The Morgan fingerprint density at radius 2 is 2.15 bits per heavy atom. The molecule has 6 nitrogen and oxygen atoms in total. The third kappa shape index (κ3) is 3.27. The lowest BCUT2D eigenvalue weighted by Gasteiger charge is -2.12. The van der Waals surface area contributed by atoms with Crippen LogP contribution in [0.2, 0.25) is 0 Å². The molecule has 6 heteroatoms. The molecule has 0 spiro atoms. The van der Waals surface area contributed by atoms with E-state index >= 15 is 0 Å². The van der Waals surface area contributed by atoms with Gasteiger partial charge in [0.05, 0.1) is 7.11 Å². The lowest BCUT2D eigenvalue weighted by molar-refractivity contribution is 0.269. The van der Waals surface area contributed by atoms with Crippen LogP contribution in [0.3, 0.4) is 0 Å². The van der Waals surface area contributed by atoms with E-state index in [1.165, 1.54) is 6.33 Å². The molecule has 0 fully saturated rings. The predicted molar refractivity (Wildman–Crippen MR) is 75.8 cm³/mol. The van der Waals surface area contributed by atoms with Crippen molar-refractivity contribution in [2.24, 2.45) is 5.73 Å². The fourth-order valence-electron chi connectivity index (χ4n) is 1.96. The molecular weight excluding hydrogens is 256 g/mol. The van der Waals surface area contributed by atoms with E-state index in [9.17, 15) is 0 Å². The van der Waals surface area contributed by atoms with Gasteiger partial charge < -0.3 is 15.2 Å². The fraction of sp³-hybridized carbons (Fsp3) is 0.429. The fourth-order valence-corrected chi connectivity index (χ4v) is 1.96. The normalized spacial score (nSPS) is 10.6. The average Bonchev–Trinajstić information content (AvgIpc) is 2.93. The summed E-state index contributed by atoms with van der Waals surface area (Å²) in [6.45, 7) is 3.76. The van der Waals surface area contributed by atoms with Gasteiger partial charge in [0, 0.05) is 6.54 Å². The summed E-state index contributed by atoms with van der Waals surface area (Å²) in [6, 6.07) is 5.85. The van der Waals surface area contributed by atoms with Gasteiger partial charge in [-0.25, -0.2) is 9.67 Å². The van der Waals surface area contributed by atoms with E-state index < -0.39 is 0 Å². The lowest BCUT2D eigenvalue weighted by Crippen LogP contribution is -2.08. The Balaban J connectivity index is 2.09. The van der Waals surface area contributed by atoms with Crippen molar-refractivity contribution in [1.29, 1.82) is 0 Å². The van der Waals surface area contributed by atoms with Crippen molar-refractivity contribution in [3.63, 3.8) is 0 Å². The highest BCUT2D eigenvalue weighted by Crippen LogP contribution is 2.28. The van der Waals surface area contributed by atoms with Crippen LogP contribution in [0.5, 0.6) is 11.5 Å².